The van der Waals surface area contributed by atoms with Crippen molar-refractivity contribution >= 4 is 23.6 Å². The Hall–Kier alpha value is -3.08. The molecule has 0 saturated carbocycles. The van der Waals surface area contributed by atoms with E-state index in [9.17, 15) is 10.1 Å². The minimum Gasteiger partial charge on any atom is -0.345 e. The number of amides is 1. The molecule has 7 heteroatoms. The third-order valence-corrected chi connectivity index (χ3v) is 8.14. The molecule has 0 radical (unpaired) electrons. The van der Waals surface area contributed by atoms with Gasteiger partial charge in [0.15, 0.2) is 5.96 Å². The second-order valence-corrected chi connectivity index (χ2v) is 10.7. The summed E-state index contributed by atoms with van der Waals surface area (Å²) in [6.45, 7) is 5.91. The Labute approximate surface area is 199 Å². The lowest BCUT2D eigenvalue weighted by molar-refractivity contribution is -0.130. The molecule has 4 rings (SSSR count). The molecular weight excluding hydrogens is 430 g/mol. The number of carbonyl (C=O) groups is 1. The van der Waals surface area contributed by atoms with Gasteiger partial charge in [-0.05, 0) is 56.0 Å². The molecular formula is C26H29N5OS. The van der Waals surface area contributed by atoms with Crippen LogP contribution in [-0.4, -0.2) is 29.4 Å². The molecule has 1 amide bonds. The molecule has 3 atom stereocenters. The summed E-state index contributed by atoms with van der Waals surface area (Å²) in [4.78, 5) is 15.9. The molecule has 3 unspecified atom stereocenters. The van der Waals surface area contributed by atoms with Gasteiger partial charge in [0, 0.05) is 22.7 Å². The molecule has 0 spiro atoms. The van der Waals surface area contributed by atoms with Crippen LogP contribution in [0.15, 0.2) is 59.5 Å². The summed E-state index contributed by atoms with van der Waals surface area (Å²) >= 11 is 1.70. The fraction of sp³-hybridized carbons (Fsp3) is 0.346. The van der Waals surface area contributed by atoms with Gasteiger partial charge in [-0.25, -0.2) is 0 Å². The van der Waals surface area contributed by atoms with Gasteiger partial charge in [0.1, 0.15) is 0 Å². The molecule has 4 N–H and O–H groups in total. The highest BCUT2D eigenvalue weighted by Gasteiger charge is 2.50. The number of hydrogen-bond donors (Lipinski definition) is 3. The Morgan fingerprint density at radius 2 is 1.94 bits per heavy atom. The van der Waals surface area contributed by atoms with E-state index in [2.05, 4.69) is 17.5 Å². The first kappa shape index (κ1) is 23.1. The highest BCUT2D eigenvalue weighted by atomic mass is 32.2. The minimum atomic E-state index is -0.757. The summed E-state index contributed by atoms with van der Waals surface area (Å²) in [5.41, 5.74) is 8.64. The zero-order chi connectivity index (χ0) is 24.0. The summed E-state index contributed by atoms with van der Waals surface area (Å²) < 4.78 is 0. The van der Waals surface area contributed by atoms with Crippen LogP contribution in [-0.2, 0) is 10.3 Å². The Kier molecular flexibility index (Phi) is 5.85. The SMILES string of the molecule is CN1C(=N)NC(C)(C2=CCC(c3cccc(C#N)c3)S2)C(c2ccc(C(C)(C)N)cc2)C1=O. The smallest absolute Gasteiger partial charge is 0.239 e. The number of nitrogens with one attached hydrogen (secondary N) is 2. The Balaban J connectivity index is 1.69. The lowest BCUT2D eigenvalue weighted by atomic mass is 9.76. The van der Waals surface area contributed by atoms with Crippen LogP contribution in [0.5, 0.6) is 0 Å². The van der Waals surface area contributed by atoms with Crippen molar-refractivity contribution in [2.45, 2.75) is 49.4 Å². The van der Waals surface area contributed by atoms with Gasteiger partial charge in [0.05, 0.1) is 23.1 Å². The maximum absolute atomic E-state index is 13.5. The molecule has 2 aromatic rings. The molecule has 1 saturated heterocycles. The van der Waals surface area contributed by atoms with E-state index >= 15 is 0 Å². The fourth-order valence-electron chi connectivity index (χ4n) is 4.55. The summed E-state index contributed by atoms with van der Waals surface area (Å²) in [5.74, 6) is -0.512. The second kappa shape index (κ2) is 8.36. The van der Waals surface area contributed by atoms with E-state index in [1.165, 1.54) is 4.90 Å². The summed E-state index contributed by atoms with van der Waals surface area (Å²) in [5, 5.41) is 21.1. The highest BCUT2D eigenvalue weighted by Crippen LogP contribution is 2.52. The average Bonchev–Trinajstić information content (AvgIpc) is 3.29. The minimum absolute atomic E-state index is 0.0925. The van der Waals surface area contributed by atoms with Gasteiger partial charge < -0.3 is 11.1 Å². The van der Waals surface area contributed by atoms with E-state index < -0.39 is 17.0 Å². The summed E-state index contributed by atoms with van der Waals surface area (Å²) in [7, 11) is 1.63. The van der Waals surface area contributed by atoms with Crippen molar-refractivity contribution in [1.82, 2.24) is 10.2 Å². The van der Waals surface area contributed by atoms with Crippen molar-refractivity contribution in [1.29, 1.82) is 10.7 Å². The Morgan fingerprint density at radius 3 is 2.58 bits per heavy atom. The standard InChI is InChI=1S/C26H29N5OS/c1-25(2,29)19-10-8-17(9-11-19)22-23(32)31(4)24(28)30-26(22,3)21-13-12-20(33-21)18-7-5-6-16(14-18)15-27/h5-11,13-14,20,22H,12,29H2,1-4H3,(H2,28,30). The van der Waals surface area contributed by atoms with Gasteiger partial charge in [-0.2, -0.15) is 5.26 Å². The van der Waals surface area contributed by atoms with Crippen molar-refractivity contribution in [2.75, 3.05) is 7.05 Å². The van der Waals surface area contributed by atoms with Crippen LogP contribution in [0.3, 0.4) is 0 Å². The second-order valence-electron chi connectivity index (χ2n) is 9.50. The predicted octanol–water partition coefficient (Wildman–Crippen LogP) is 4.35. The maximum Gasteiger partial charge on any atom is 0.239 e. The number of likely N-dealkylation sites (N-methyl/N-ethyl adjacent to an activating group) is 1. The van der Waals surface area contributed by atoms with Gasteiger partial charge in [-0.15, -0.1) is 11.8 Å². The third-order valence-electron chi connectivity index (χ3n) is 6.54. The van der Waals surface area contributed by atoms with Gasteiger partial charge in [0.2, 0.25) is 5.91 Å². The van der Waals surface area contributed by atoms with Crippen LogP contribution in [0.4, 0.5) is 0 Å². The number of benzene rings is 2. The molecule has 2 aliphatic heterocycles. The number of hydrogen-bond acceptors (Lipinski definition) is 5. The number of guanidine groups is 1. The van der Waals surface area contributed by atoms with Crippen LogP contribution >= 0.6 is 11.8 Å². The van der Waals surface area contributed by atoms with Gasteiger partial charge in [-0.3, -0.25) is 15.1 Å². The molecule has 2 heterocycles. The van der Waals surface area contributed by atoms with Crippen LogP contribution in [0, 0.1) is 16.7 Å². The molecule has 170 valence electrons. The first-order valence-corrected chi connectivity index (χ1v) is 11.8. The van der Waals surface area contributed by atoms with E-state index in [-0.39, 0.29) is 17.1 Å². The Morgan fingerprint density at radius 1 is 1.24 bits per heavy atom. The van der Waals surface area contributed by atoms with Gasteiger partial charge >= 0.3 is 0 Å². The summed E-state index contributed by atoms with van der Waals surface area (Å²) in [6.07, 6.45) is 2.97. The van der Waals surface area contributed by atoms with Crippen LogP contribution in [0.2, 0.25) is 0 Å². The molecule has 1 fully saturated rings. The topological polar surface area (TPSA) is 106 Å². The number of allylic oxidation sites excluding steroid dienone is 1. The number of nitrogens with zero attached hydrogens (tertiary/aromatic N) is 2. The van der Waals surface area contributed by atoms with Crippen LogP contribution in [0.1, 0.15) is 60.6 Å². The van der Waals surface area contributed by atoms with Crippen molar-refractivity contribution in [3.8, 4) is 6.07 Å². The molecule has 6 nitrogen and oxygen atoms in total. The number of nitriles is 1. The predicted molar refractivity (Wildman–Crippen MR) is 133 cm³/mol. The number of carbonyl (C=O) groups excluding carboxylic acids is 1. The first-order chi connectivity index (χ1) is 15.5. The zero-order valence-electron chi connectivity index (χ0n) is 19.3. The molecule has 2 aliphatic rings. The molecule has 33 heavy (non-hydrogen) atoms. The lowest BCUT2D eigenvalue weighted by Gasteiger charge is -2.46. The zero-order valence-corrected chi connectivity index (χ0v) is 20.2. The fourth-order valence-corrected chi connectivity index (χ4v) is 5.94. The number of rotatable bonds is 4. The third kappa shape index (κ3) is 4.17. The quantitative estimate of drug-likeness (QED) is 0.630. The molecule has 0 aromatic heterocycles. The maximum atomic E-state index is 13.5. The molecule has 0 bridgehead atoms. The van der Waals surface area contributed by atoms with E-state index in [0.29, 0.717) is 5.56 Å². The highest BCUT2D eigenvalue weighted by molar-refractivity contribution is 8.03. The summed E-state index contributed by atoms with van der Waals surface area (Å²) in [6, 6.07) is 17.8. The average molecular weight is 460 g/mol. The van der Waals surface area contributed by atoms with Crippen molar-refractivity contribution in [2.24, 2.45) is 5.73 Å². The number of nitrogens with two attached hydrogens (primary N) is 1. The van der Waals surface area contributed by atoms with Crippen molar-refractivity contribution < 1.29 is 4.79 Å². The molecule has 2 aromatic carbocycles. The van der Waals surface area contributed by atoms with Crippen molar-refractivity contribution in [3.63, 3.8) is 0 Å². The Bertz CT molecular complexity index is 1170. The van der Waals surface area contributed by atoms with E-state index in [1.54, 1.807) is 24.9 Å². The molecule has 0 aliphatic carbocycles. The van der Waals surface area contributed by atoms with Gasteiger partial charge in [-0.1, -0.05) is 42.5 Å². The normalized spacial score (nSPS) is 25.5. The van der Waals surface area contributed by atoms with Crippen LogP contribution < -0.4 is 11.1 Å². The van der Waals surface area contributed by atoms with E-state index in [4.69, 9.17) is 11.1 Å². The van der Waals surface area contributed by atoms with E-state index in [0.717, 1.165) is 28.0 Å². The van der Waals surface area contributed by atoms with Gasteiger partial charge in [0.25, 0.3) is 0 Å². The van der Waals surface area contributed by atoms with Crippen LogP contribution in [0.25, 0.3) is 0 Å². The lowest BCUT2D eigenvalue weighted by Crippen LogP contribution is -2.64. The number of thioether (sulfide) groups is 1. The van der Waals surface area contributed by atoms with Crippen molar-refractivity contribution in [3.05, 3.63) is 81.8 Å². The largest absolute Gasteiger partial charge is 0.345 e. The first-order valence-electron chi connectivity index (χ1n) is 11.0. The monoisotopic (exact) mass is 459 g/mol. The van der Waals surface area contributed by atoms with E-state index in [1.807, 2.05) is 63.2 Å².